The van der Waals surface area contributed by atoms with Crippen LogP contribution in [0.5, 0.6) is 0 Å². The summed E-state index contributed by atoms with van der Waals surface area (Å²) in [6.07, 6.45) is 7.28. The summed E-state index contributed by atoms with van der Waals surface area (Å²) >= 11 is 1.31. The Morgan fingerprint density at radius 2 is 1.83 bits per heavy atom. The standard InChI is InChI=1S/C27H30N4O3S/c1-18-13-19(2)15-22(14-18)31(24(32)17-29-26(33)23-10-6-12-35-23)25(20-7-5-11-28-16-20)27(34)30-21-8-3-4-9-21/h5-7,10-16,21,25H,3-4,8-9,17H2,1-2H3,(H,29,33)(H,30,34)/t25-/m0/s1. The van der Waals surface area contributed by atoms with Crippen molar-refractivity contribution >= 4 is 34.7 Å². The smallest absolute Gasteiger partial charge is 0.261 e. The van der Waals surface area contributed by atoms with Gasteiger partial charge in [0.1, 0.15) is 6.04 Å². The van der Waals surface area contributed by atoms with E-state index in [2.05, 4.69) is 15.6 Å². The summed E-state index contributed by atoms with van der Waals surface area (Å²) in [6, 6.07) is 12.0. The first kappa shape index (κ1) is 24.6. The summed E-state index contributed by atoms with van der Waals surface area (Å²) in [5, 5.41) is 7.68. The lowest BCUT2D eigenvalue weighted by Gasteiger charge is -2.32. The summed E-state index contributed by atoms with van der Waals surface area (Å²) < 4.78 is 0. The first-order chi connectivity index (χ1) is 16.9. The maximum atomic E-state index is 13.7. The van der Waals surface area contributed by atoms with E-state index in [4.69, 9.17) is 0 Å². The second-order valence-electron chi connectivity index (χ2n) is 8.95. The van der Waals surface area contributed by atoms with Crippen molar-refractivity contribution in [2.45, 2.75) is 51.6 Å². The average molecular weight is 491 g/mol. The van der Waals surface area contributed by atoms with Crippen LogP contribution in [0.1, 0.15) is 58.1 Å². The van der Waals surface area contributed by atoms with Gasteiger partial charge in [-0.1, -0.05) is 31.0 Å². The Kier molecular flexibility index (Phi) is 7.92. The van der Waals surface area contributed by atoms with Crippen LogP contribution in [0.3, 0.4) is 0 Å². The van der Waals surface area contributed by atoms with Crippen LogP contribution in [0.2, 0.25) is 0 Å². The Balaban J connectivity index is 1.69. The van der Waals surface area contributed by atoms with E-state index in [0.29, 0.717) is 16.1 Å². The van der Waals surface area contributed by atoms with Gasteiger partial charge >= 0.3 is 0 Å². The molecule has 0 unspecified atom stereocenters. The number of carbonyl (C=O) groups excluding carboxylic acids is 3. The summed E-state index contributed by atoms with van der Waals surface area (Å²) in [4.78, 5) is 46.2. The third-order valence-electron chi connectivity index (χ3n) is 6.11. The predicted molar refractivity (Wildman–Crippen MR) is 137 cm³/mol. The number of nitrogens with zero attached hydrogens (tertiary/aromatic N) is 2. The van der Waals surface area contributed by atoms with Gasteiger partial charge in [0.2, 0.25) is 11.8 Å². The zero-order valence-electron chi connectivity index (χ0n) is 20.0. The summed E-state index contributed by atoms with van der Waals surface area (Å²) in [7, 11) is 0. The minimum absolute atomic E-state index is 0.0939. The molecule has 0 bridgehead atoms. The molecule has 0 saturated heterocycles. The molecule has 182 valence electrons. The van der Waals surface area contributed by atoms with E-state index in [1.54, 1.807) is 36.7 Å². The first-order valence-corrected chi connectivity index (χ1v) is 12.7. The van der Waals surface area contributed by atoms with E-state index in [-0.39, 0.29) is 30.3 Å². The van der Waals surface area contributed by atoms with Gasteiger partial charge in [-0.3, -0.25) is 24.3 Å². The van der Waals surface area contributed by atoms with Gasteiger partial charge in [-0.05, 0) is 67.5 Å². The number of nitrogens with one attached hydrogen (secondary N) is 2. The number of carbonyl (C=O) groups is 3. The highest BCUT2D eigenvalue weighted by Crippen LogP contribution is 2.30. The highest BCUT2D eigenvalue weighted by molar-refractivity contribution is 7.12. The Morgan fingerprint density at radius 3 is 2.46 bits per heavy atom. The number of rotatable bonds is 8. The van der Waals surface area contributed by atoms with Crippen molar-refractivity contribution in [3.05, 3.63) is 81.8 Å². The van der Waals surface area contributed by atoms with Gasteiger partial charge in [-0.15, -0.1) is 11.3 Å². The molecule has 1 aliphatic carbocycles. The summed E-state index contributed by atoms with van der Waals surface area (Å²) in [5.41, 5.74) is 3.16. The minimum Gasteiger partial charge on any atom is -0.351 e. The molecule has 2 N–H and O–H groups in total. The SMILES string of the molecule is Cc1cc(C)cc(N(C(=O)CNC(=O)c2cccs2)[C@H](C(=O)NC2CCCC2)c2cccnc2)c1. The van der Waals surface area contributed by atoms with Crippen molar-refractivity contribution in [3.63, 3.8) is 0 Å². The Morgan fingerprint density at radius 1 is 1.09 bits per heavy atom. The molecule has 1 aliphatic rings. The van der Waals surface area contributed by atoms with Crippen LogP contribution < -0.4 is 15.5 Å². The Labute approximate surface area is 209 Å². The largest absolute Gasteiger partial charge is 0.351 e. The lowest BCUT2D eigenvalue weighted by Crippen LogP contribution is -2.49. The van der Waals surface area contributed by atoms with Crippen LogP contribution in [0.25, 0.3) is 0 Å². The number of anilines is 1. The van der Waals surface area contributed by atoms with Crippen molar-refractivity contribution in [1.29, 1.82) is 0 Å². The van der Waals surface area contributed by atoms with E-state index >= 15 is 0 Å². The summed E-state index contributed by atoms with van der Waals surface area (Å²) in [6.45, 7) is 3.67. The Hall–Kier alpha value is -3.52. The van der Waals surface area contributed by atoms with E-state index in [1.165, 1.54) is 16.2 Å². The number of hydrogen-bond acceptors (Lipinski definition) is 5. The second-order valence-corrected chi connectivity index (χ2v) is 9.90. The molecule has 2 heterocycles. The average Bonchev–Trinajstić information content (AvgIpc) is 3.55. The summed E-state index contributed by atoms with van der Waals surface area (Å²) in [5.74, 6) is -0.945. The van der Waals surface area contributed by atoms with Crippen molar-refractivity contribution in [1.82, 2.24) is 15.6 Å². The van der Waals surface area contributed by atoms with Gasteiger partial charge in [0.25, 0.3) is 5.91 Å². The number of aromatic nitrogens is 1. The topological polar surface area (TPSA) is 91.4 Å². The molecular formula is C27H30N4O3S. The van der Waals surface area contributed by atoms with Gasteiger partial charge in [-0.2, -0.15) is 0 Å². The normalized spacial score (nSPS) is 14.3. The molecule has 4 rings (SSSR count). The fraction of sp³-hybridized carbons (Fsp3) is 0.333. The van der Waals surface area contributed by atoms with E-state index in [0.717, 1.165) is 36.8 Å². The highest BCUT2D eigenvalue weighted by Gasteiger charge is 2.34. The highest BCUT2D eigenvalue weighted by atomic mass is 32.1. The maximum Gasteiger partial charge on any atom is 0.261 e. The molecule has 0 radical (unpaired) electrons. The van der Waals surface area contributed by atoms with Gasteiger partial charge in [-0.25, -0.2) is 0 Å². The molecule has 1 aromatic carbocycles. The molecular weight excluding hydrogens is 460 g/mol. The molecule has 1 saturated carbocycles. The van der Waals surface area contributed by atoms with Crippen LogP contribution in [-0.4, -0.2) is 35.3 Å². The van der Waals surface area contributed by atoms with Gasteiger partial charge in [0.05, 0.1) is 11.4 Å². The van der Waals surface area contributed by atoms with Crippen LogP contribution in [0.15, 0.2) is 60.2 Å². The van der Waals surface area contributed by atoms with Gasteiger partial charge in [0, 0.05) is 29.7 Å². The third kappa shape index (κ3) is 6.14. The van der Waals surface area contributed by atoms with Crippen molar-refractivity contribution in [2.75, 3.05) is 11.4 Å². The molecule has 1 atom stereocenters. The van der Waals surface area contributed by atoms with Crippen LogP contribution in [-0.2, 0) is 9.59 Å². The van der Waals surface area contributed by atoms with Gasteiger partial charge < -0.3 is 10.6 Å². The van der Waals surface area contributed by atoms with Crippen LogP contribution >= 0.6 is 11.3 Å². The molecule has 3 amide bonds. The maximum absolute atomic E-state index is 13.7. The lowest BCUT2D eigenvalue weighted by molar-refractivity contribution is -0.126. The van der Waals surface area contributed by atoms with Crippen LogP contribution in [0.4, 0.5) is 5.69 Å². The monoisotopic (exact) mass is 490 g/mol. The molecule has 8 heteroatoms. The molecule has 2 aromatic heterocycles. The second kappa shape index (κ2) is 11.3. The number of aryl methyl sites for hydroxylation is 2. The van der Waals surface area contributed by atoms with Crippen molar-refractivity contribution in [2.24, 2.45) is 0 Å². The molecule has 7 nitrogen and oxygen atoms in total. The fourth-order valence-corrected chi connectivity index (χ4v) is 5.21. The van der Waals surface area contributed by atoms with E-state index < -0.39 is 6.04 Å². The minimum atomic E-state index is -0.920. The quantitative estimate of drug-likeness (QED) is 0.492. The molecule has 3 aromatic rings. The number of amides is 3. The fourth-order valence-electron chi connectivity index (χ4n) is 4.57. The van der Waals surface area contributed by atoms with Crippen molar-refractivity contribution < 1.29 is 14.4 Å². The zero-order valence-corrected chi connectivity index (χ0v) is 20.8. The molecule has 35 heavy (non-hydrogen) atoms. The zero-order chi connectivity index (χ0) is 24.8. The Bertz CT molecular complexity index is 1150. The molecule has 1 fully saturated rings. The number of hydrogen-bond donors (Lipinski definition) is 2. The third-order valence-corrected chi connectivity index (χ3v) is 6.98. The van der Waals surface area contributed by atoms with Crippen molar-refractivity contribution in [3.8, 4) is 0 Å². The number of thiophene rings is 1. The molecule has 0 spiro atoms. The lowest BCUT2D eigenvalue weighted by atomic mass is 10.0. The predicted octanol–water partition coefficient (Wildman–Crippen LogP) is 4.32. The van der Waals surface area contributed by atoms with E-state index in [9.17, 15) is 14.4 Å². The van der Waals surface area contributed by atoms with Gasteiger partial charge in [0.15, 0.2) is 0 Å². The first-order valence-electron chi connectivity index (χ1n) is 11.8. The number of benzene rings is 1. The van der Waals surface area contributed by atoms with Crippen LogP contribution in [0, 0.1) is 13.8 Å². The molecule has 0 aliphatic heterocycles. The number of pyridine rings is 1. The van der Waals surface area contributed by atoms with E-state index in [1.807, 2.05) is 37.4 Å².